The SMILES string of the molecule is O=S(=O)(c1ccc(CCCCl)cc1)N1CC2CCC(C1)O2. The second kappa shape index (κ2) is 6.24. The predicted molar refractivity (Wildman–Crippen MR) is 82.1 cm³/mol. The van der Waals surface area contributed by atoms with Crippen molar-refractivity contribution in [1.82, 2.24) is 4.31 Å². The largest absolute Gasteiger partial charge is 0.372 e. The molecule has 0 aromatic heterocycles. The lowest BCUT2D eigenvalue weighted by Gasteiger charge is -2.31. The van der Waals surface area contributed by atoms with Crippen molar-refractivity contribution in [1.29, 1.82) is 0 Å². The first-order chi connectivity index (χ1) is 10.1. The molecule has 0 amide bonds. The summed E-state index contributed by atoms with van der Waals surface area (Å²) in [7, 11) is -3.40. The Morgan fingerprint density at radius 3 is 2.33 bits per heavy atom. The van der Waals surface area contributed by atoms with Crippen molar-refractivity contribution >= 4 is 21.6 Å². The maximum absolute atomic E-state index is 12.7. The van der Waals surface area contributed by atoms with Gasteiger partial charge < -0.3 is 4.74 Å². The van der Waals surface area contributed by atoms with Gasteiger partial charge in [-0.3, -0.25) is 0 Å². The lowest BCUT2D eigenvalue weighted by molar-refractivity contribution is -0.0114. The Hall–Kier alpha value is -0.620. The van der Waals surface area contributed by atoms with E-state index in [0.29, 0.717) is 23.9 Å². The first kappa shape index (κ1) is 15.3. The molecule has 116 valence electrons. The molecule has 2 atom stereocenters. The van der Waals surface area contributed by atoms with Gasteiger partial charge in [-0.1, -0.05) is 12.1 Å². The topological polar surface area (TPSA) is 46.6 Å². The van der Waals surface area contributed by atoms with Gasteiger partial charge in [0.1, 0.15) is 0 Å². The standard InChI is InChI=1S/C15H20ClNO3S/c16-9-1-2-12-3-7-15(8-4-12)21(18,19)17-10-13-5-6-14(11-17)20-13/h3-4,7-8,13-14H,1-2,5-6,9-11H2. The number of halogens is 1. The molecular weight excluding hydrogens is 310 g/mol. The summed E-state index contributed by atoms with van der Waals surface area (Å²) in [5.41, 5.74) is 1.12. The van der Waals surface area contributed by atoms with Crippen LogP contribution in [0.3, 0.4) is 0 Å². The summed E-state index contributed by atoms with van der Waals surface area (Å²) in [5.74, 6) is 0.622. The highest BCUT2D eigenvalue weighted by molar-refractivity contribution is 7.89. The lowest BCUT2D eigenvalue weighted by atomic mass is 10.1. The van der Waals surface area contributed by atoms with Crippen molar-refractivity contribution in [3.8, 4) is 0 Å². The van der Waals surface area contributed by atoms with E-state index in [-0.39, 0.29) is 12.2 Å². The van der Waals surface area contributed by atoms with E-state index < -0.39 is 10.0 Å². The lowest BCUT2D eigenvalue weighted by Crippen LogP contribution is -2.45. The van der Waals surface area contributed by atoms with Crippen LogP contribution in [0.25, 0.3) is 0 Å². The summed E-state index contributed by atoms with van der Waals surface area (Å²) in [6.07, 6.45) is 3.86. The maximum Gasteiger partial charge on any atom is 0.243 e. The van der Waals surface area contributed by atoms with Gasteiger partial charge in [0.2, 0.25) is 10.0 Å². The van der Waals surface area contributed by atoms with Crippen molar-refractivity contribution in [2.45, 2.75) is 42.8 Å². The minimum Gasteiger partial charge on any atom is -0.372 e. The third kappa shape index (κ3) is 3.26. The molecule has 2 bridgehead atoms. The van der Waals surface area contributed by atoms with E-state index >= 15 is 0 Å². The molecule has 2 fully saturated rings. The van der Waals surface area contributed by atoms with E-state index in [1.54, 1.807) is 16.4 Å². The highest BCUT2D eigenvalue weighted by Gasteiger charge is 2.39. The van der Waals surface area contributed by atoms with Crippen LogP contribution in [0, 0.1) is 0 Å². The van der Waals surface area contributed by atoms with Crippen LogP contribution in [-0.2, 0) is 21.2 Å². The monoisotopic (exact) mass is 329 g/mol. The third-order valence-electron chi connectivity index (χ3n) is 4.17. The number of ether oxygens (including phenoxy) is 1. The molecule has 6 heteroatoms. The van der Waals surface area contributed by atoms with E-state index in [4.69, 9.17) is 16.3 Å². The fourth-order valence-electron chi connectivity index (χ4n) is 3.02. The van der Waals surface area contributed by atoms with Crippen LogP contribution in [0.15, 0.2) is 29.2 Å². The molecular formula is C15H20ClNO3S. The number of fused-ring (bicyclic) bond motifs is 2. The molecule has 2 saturated heterocycles. The van der Waals surface area contributed by atoms with Gasteiger partial charge >= 0.3 is 0 Å². The molecule has 1 aromatic rings. The van der Waals surface area contributed by atoms with Crippen LogP contribution < -0.4 is 0 Å². The van der Waals surface area contributed by atoms with Crippen LogP contribution in [0.2, 0.25) is 0 Å². The number of sulfonamides is 1. The smallest absolute Gasteiger partial charge is 0.243 e. The van der Waals surface area contributed by atoms with E-state index in [0.717, 1.165) is 31.2 Å². The number of rotatable bonds is 5. The number of morpholine rings is 1. The number of hydrogen-bond acceptors (Lipinski definition) is 3. The minimum atomic E-state index is -3.40. The summed E-state index contributed by atoms with van der Waals surface area (Å²) in [6.45, 7) is 0.958. The molecule has 0 saturated carbocycles. The third-order valence-corrected chi connectivity index (χ3v) is 6.28. The summed E-state index contributed by atoms with van der Waals surface area (Å²) in [4.78, 5) is 0.374. The van der Waals surface area contributed by atoms with E-state index in [1.807, 2.05) is 12.1 Å². The summed E-state index contributed by atoms with van der Waals surface area (Å²) >= 11 is 5.68. The van der Waals surface area contributed by atoms with Gasteiger partial charge in [-0.25, -0.2) is 8.42 Å². The van der Waals surface area contributed by atoms with Gasteiger partial charge in [-0.05, 0) is 43.4 Å². The first-order valence-electron chi connectivity index (χ1n) is 7.40. The number of alkyl halides is 1. The Kier molecular flexibility index (Phi) is 4.54. The van der Waals surface area contributed by atoms with Gasteiger partial charge in [-0.2, -0.15) is 4.31 Å². The molecule has 1 aromatic carbocycles. The average molecular weight is 330 g/mol. The van der Waals surface area contributed by atoms with Crippen LogP contribution in [0.4, 0.5) is 0 Å². The zero-order chi connectivity index (χ0) is 14.9. The van der Waals surface area contributed by atoms with Crippen molar-refractivity contribution in [2.75, 3.05) is 19.0 Å². The molecule has 3 rings (SSSR count). The predicted octanol–water partition coefficient (Wildman–Crippen LogP) is 2.41. The molecule has 0 radical (unpaired) electrons. The second-order valence-electron chi connectivity index (χ2n) is 5.72. The van der Waals surface area contributed by atoms with Gasteiger partial charge in [0.25, 0.3) is 0 Å². The number of benzene rings is 1. The highest BCUT2D eigenvalue weighted by Crippen LogP contribution is 2.29. The molecule has 21 heavy (non-hydrogen) atoms. The highest BCUT2D eigenvalue weighted by atomic mass is 35.5. The Labute approximate surface area is 131 Å². The van der Waals surface area contributed by atoms with Gasteiger partial charge in [0, 0.05) is 19.0 Å². The van der Waals surface area contributed by atoms with Crippen molar-refractivity contribution in [3.05, 3.63) is 29.8 Å². The van der Waals surface area contributed by atoms with Gasteiger partial charge in [-0.15, -0.1) is 11.6 Å². The van der Waals surface area contributed by atoms with Crippen LogP contribution in [0.5, 0.6) is 0 Å². The van der Waals surface area contributed by atoms with Gasteiger partial charge in [0.15, 0.2) is 0 Å². The first-order valence-corrected chi connectivity index (χ1v) is 9.37. The molecule has 2 heterocycles. The summed E-state index contributed by atoms with van der Waals surface area (Å²) in [6, 6.07) is 7.18. The van der Waals surface area contributed by atoms with Crippen molar-refractivity contribution in [2.24, 2.45) is 0 Å². The molecule has 2 unspecified atom stereocenters. The van der Waals surface area contributed by atoms with E-state index in [9.17, 15) is 8.42 Å². The fourth-order valence-corrected chi connectivity index (χ4v) is 4.66. The number of hydrogen-bond donors (Lipinski definition) is 0. The number of aryl methyl sites for hydroxylation is 1. The average Bonchev–Trinajstić information content (AvgIpc) is 2.83. The van der Waals surface area contributed by atoms with E-state index in [2.05, 4.69) is 0 Å². The van der Waals surface area contributed by atoms with Crippen molar-refractivity contribution < 1.29 is 13.2 Å². The van der Waals surface area contributed by atoms with Crippen LogP contribution >= 0.6 is 11.6 Å². The summed E-state index contributed by atoms with van der Waals surface area (Å²) < 4.78 is 32.6. The Morgan fingerprint density at radius 1 is 1.14 bits per heavy atom. The molecule has 0 N–H and O–H groups in total. The fraction of sp³-hybridized carbons (Fsp3) is 0.600. The summed E-state index contributed by atoms with van der Waals surface area (Å²) in [5, 5.41) is 0. The Bertz CT molecular complexity index is 575. The Balaban J connectivity index is 1.75. The molecule has 2 aliphatic rings. The van der Waals surface area contributed by atoms with Crippen molar-refractivity contribution in [3.63, 3.8) is 0 Å². The quantitative estimate of drug-likeness (QED) is 0.779. The second-order valence-corrected chi connectivity index (χ2v) is 8.03. The van der Waals surface area contributed by atoms with Gasteiger partial charge in [0.05, 0.1) is 17.1 Å². The molecule has 0 aliphatic carbocycles. The maximum atomic E-state index is 12.7. The Morgan fingerprint density at radius 2 is 1.76 bits per heavy atom. The molecule has 0 spiro atoms. The minimum absolute atomic E-state index is 0.0709. The molecule has 2 aliphatic heterocycles. The number of nitrogens with zero attached hydrogens (tertiary/aromatic N) is 1. The van der Waals surface area contributed by atoms with E-state index in [1.165, 1.54) is 0 Å². The van der Waals surface area contributed by atoms with Crippen LogP contribution in [0.1, 0.15) is 24.8 Å². The normalized spacial score (nSPS) is 26.1. The zero-order valence-corrected chi connectivity index (χ0v) is 13.4. The zero-order valence-electron chi connectivity index (χ0n) is 11.9. The molecule has 4 nitrogen and oxygen atoms in total. The van der Waals surface area contributed by atoms with Crippen LogP contribution in [-0.4, -0.2) is 43.9 Å².